The summed E-state index contributed by atoms with van der Waals surface area (Å²) in [5, 5.41) is 17.5. The van der Waals surface area contributed by atoms with Gasteiger partial charge in [-0.2, -0.15) is 11.8 Å². The molecule has 1 aliphatic heterocycles. The zero-order valence-electron chi connectivity index (χ0n) is 13.9. The topological polar surface area (TPSA) is 56.7 Å². The highest BCUT2D eigenvalue weighted by molar-refractivity contribution is 8.00. The highest BCUT2D eigenvalue weighted by Crippen LogP contribution is 2.27. The van der Waals surface area contributed by atoms with E-state index in [9.17, 15) is 5.11 Å². The summed E-state index contributed by atoms with van der Waals surface area (Å²) in [6, 6.07) is 10.4. The van der Waals surface area contributed by atoms with Crippen LogP contribution in [-0.2, 0) is 0 Å². The van der Waals surface area contributed by atoms with Crippen molar-refractivity contribution in [2.75, 3.05) is 31.1 Å². The third kappa shape index (κ3) is 6.65. The standard InChI is InChI=1S/C17H27N3OS2/c1-3-18-16(20-12-17(21)9-10-22-13-17)19-11-14(2)23-15-7-5-4-6-8-15/h4-8,14,21H,3,9-13H2,1-2H3,(H2,18,19,20). The third-order valence-electron chi connectivity index (χ3n) is 3.60. The molecular formula is C17H27N3OS2. The molecular weight excluding hydrogens is 326 g/mol. The first-order valence-electron chi connectivity index (χ1n) is 8.15. The molecule has 3 N–H and O–H groups in total. The molecule has 0 spiro atoms. The van der Waals surface area contributed by atoms with Gasteiger partial charge in [0.1, 0.15) is 0 Å². The zero-order chi connectivity index (χ0) is 16.5. The molecule has 1 aromatic carbocycles. The van der Waals surface area contributed by atoms with E-state index in [4.69, 9.17) is 0 Å². The van der Waals surface area contributed by atoms with Crippen LogP contribution < -0.4 is 10.6 Å². The van der Waals surface area contributed by atoms with E-state index >= 15 is 0 Å². The minimum atomic E-state index is -0.628. The molecule has 2 atom stereocenters. The van der Waals surface area contributed by atoms with Gasteiger partial charge in [-0.1, -0.05) is 25.1 Å². The maximum atomic E-state index is 10.4. The first-order valence-corrected chi connectivity index (χ1v) is 10.2. The smallest absolute Gasteiger partial charge is 0.191 e. The second kappa shape index (κ2) is 9.45. The number of rotatable bonds is 7. The van der Waals surface area contributed by atoms with Crippen LogP contribution in [0.4, 0.5) is 0 Å². The van der Waals surface area contributed by atoms with Crippen LogP contribution in [0.15, 0.2) is 40.2 Å². The summed E-state index contributed by atoms with van der Waals surface area (Å²) in [5.74, 6) is 2.61. The Kier molecular flexibility index (Phi) is 7.59. The summed E-state index contributed by atoms with van der Waals surface area (Å²) >= 11 is 3.65. The van der Waals surface area contributed by atoms with Gasteiger partial charge in [-0.15, -0.1) is 11.8 Å². The molecule has 1 fully saturated rings. The number of benzene rings is 1. The average molecular weight is 354 g/mol. The van der Waals surface area contributed by atoms with Gasteiger partial charge in [0, 0.05) is 29.0 Å². The lowest BCUT2D eigenvalue weighted by Crippen LogP contribution is -2.42. The molecule has 0 aliphatic carbocycles. The summed E-state index contributed by atoms with van der Waals surface area (Å²) < 4.78 is 0. The highest BCUT2D eigenvalue weighted by atomic mass is 32.2. The van der Waals surface area contributed by atoms with Crippen LogP contribution in [0.25, 0.3) is 0 Å². The lowest BCUT2D eigenvalue weighted by Gasteiger charge is -2.20. The molecule has 128 valence electrons. The van der Waals surface area contributed by atoms with Crippen molar-refractivity contribution in [3.63, 3.8) is 0 Å². The molecule has 2 rings (SSSR count). The lowest BCUT2D eigenvalue weighted by atomic mass is 10.1. The normalized spacial score (nSPS) is 22.8. The third-order valence-corrected chi connectivity index (χ3v) is 5.94. The van der Waals surface area contributed by atoms with E-state index in [-0.39, 0.29) is 0 Å². The summed E-state index contributed by atoms with van der Waals surface area (Å²) in [5.41, 5.74) is -0.628. The van der Waals surface area contributed by atoms with E-state index in [0.717, 1.165) is 37.0 Å². The number of nitrogens with one attached hydrogen (secondary N) is 2. The highest BCUT2D eigenvalue weighted by Gasteiger charge is 2.31. The number of nitrogens with zero attached hydrogens (tertiary/aromatic N) is 1. The van der Waals surface area contributed by atoms with E-state index in [1.165, 1.54) is 4.90 Å². The number of hydrogen-bond acceptors (Lipinski definition) is 4. The second-order valence-electron chi connectivity index (χ2n) is 5.84. The van der Waals surface area contributed by atoms with Gasteiger partial charge in [0.05, 0.1) is 12.1 Å². The van der Waals surface area contributed by atoms with E-state index in [1.54, 1.807) is 11.8 Å². The van der Waals surface area contributed by atoms with Crippen molar-refractivity contribution in [2.24, 2.45) is 4.99 Å². The lowest BCUT2D eigenvalue weighted by molar-refractivity contribution is 0.0778. The summed E-state index contributed by atoms with van der Waals surface area (Å²) in [6.07, 6.45) is 0.834. The van der Waals surface area contributed by atoms with Crippen molar-refractivity contribution in [3.05, 3.63) is 30.3 Å². The van der Waals surface area contributed by atoms with E-state index in [0.29, 0.717) is 11.8 Å². The largest absolute Gasteiger partial charge is 0.387 e. The Morgan fingerprint density at radius 3 is 2.83 bits per heavy atom. The second-order valence-corrected chi connectivity index (χ2v) is 8.46. The van der Waals surface area contributed by atoms with Crippen LogP contribution in [0.3, 0.4) is 0 Å². The summed E-state index contributed by atoms with van der Waals surface area (Å²) in [4.78, 5) is 5.85. The van der Waals surface area contributed by atoms with Crippen molar-refractivity contribution < 1.29 is 5.11 Å². The number of aliphatic imine (C=N–C) groups is 1. The molecule has 0 bridgehead atoms. The quantitative estimate of drug-likeness (QED) is 0.400. The molecule has 6 heteroatoms. The number of guanidine groups is 1. The predicted octanol–water partition coefficient (Wildman–Crippen LogP) is 2.59. The first-order chi connectivity index (χ1) is 11.1. The summed E-state index contributed by atoms with van der Waals surface area (Å²) in [6.45, 7) is 6.38. The molecule has 0 aromatic heterocycles. The predicted molar refractivity (Wildman–Crippen MR) is 103 cm³/mol. The number of aliphatic hydroxyl groups is 1. The Balaban J connectivity index is 1.81. The molecule has 2 unspecified atom stereocenters. The molecule has 4 nitrogen and oxygen atoms in total. The fraction of sp³-hybridized carbons (Fsp3) is 0.588. The van der Waals surface area contributed by atoms with Crippen molar-refractivity contribution in [1.82, 2.24) is 10.6 Å². The van der Waals surface area contributed by atoms with Gasteiger partial charge < -0.3 is 15.7 Å². The van der Waals surface area contributed by atoms with Gasteiger partial charge >= 0.3 is 0 Å². The Morgan fingerprint density at radius 1 is 1.39 bits per heavy atom. The molecule has 1 heterocycles. The van der Waals surface area contributed by atoms with E-state index < -0.39 is 5.60 Å². The molecule has 0 amide bonds. The molecule has 1 aromatic rings. The molecule has 0 radical (unpaired) electrons. The SMILES string of the molecule is CCNC(=NCC1(O)CCSC1)NCC(C)Sc1ccccc1. The summed E-state index contributed by atoms with van der Waals surface area (Å²) in [7, 11) is 0. The Bertz CT molecular complexity index is 490. The van der Waals surface area contributed by atoms with Gasteiger partial charge in [0.25, 0.3) is 0 Å². The fourth-order valence-electron chi connectivity index (χ4n) is 2.30. The van der Waals surface area contributed by atoms with Gasteiger partial charge in [-0.3, -0.25) is 4.99 Å². The zero-order valence-corrected chi connectivity index (χ0v) is 15.6. The van der Waals surface area contributed by atoms with Crippen LogP contribution in [-0.4, -0.2) is 53.1 Å². The number of thioether (sulfide) groups is 2. The first kappa shape index (κ1) is 18.5. The maximum absolute atomic E-state index is 10.4. The van der Waals surface area contributed by atoms with Crippen molar-refractivity contribution in [1.29, 1.82) is 0 Å². The molecule has 1 aliphatic rings. The maximum Gasteiger partial charge on any atom is 0.191 e. The molecule has 1 saturated heterocycles. The van der Waals surface area contributed by atoms with Gasteiger partial charge in [-0.05, 0) is 31.2 Å². The molecule has 0 saturated carbocycles. The fourth-order valence-corrected chi connectivity index (χ4v) is 4.53. The number of hydrogen-bond donors (Lipinski definition) is 3. The molecule has 23 heavy (non-hydrogen) atoms. The van der Waals surface area contributed by atoms with Gasteiger partial charge in [0.15, 0.2) is 5.96 Å². The van der Waals surface area contributed by atoms with Crippen molar-refractivity contribution in [3.8, 4) is 0 Å². The minimum Gasteiger partial charge on any atom is -0.387 e. The average Bonchev–Trinajstić information content (AvgIpc) is 2.98. The van der Waals surface area contributed by atoms with Crippen LogP contribution in [0.2, 0.25) is 0 Å². The van der Waals surface area contributed by atoms with Gasteiger partial charge in [-0.25, -0.2) is 0 Å². The monoisotopic (exact) mass is 353 g/mol. The van der Waals surface area contributed by atoms with Crippen molar-refractivity contribution in [2.45, 2.75) is 36.0 Å². The Hall–Kier alpha value is -0.850. The Labute approximate surface area is 147 Å². The van der Waals surface area contributed by atoms with E-state index in [2.05, 4.69) is 53.7 Å². The Morgan fingerprint density at radius 2 is 2.17 bits per heavy atom. The van der Waals surface area contributed by atoms with Crippen molar-refractivity contribution >= 4 is 29.5 Å². The minimum absolute atomic E-state index is 0.436. The van der Waals surface area contributed by atoms with Crippen LogP contribution in [0, 0.1) is 0 Å². The van der Waals surface area contributed by atoms with Gasteiger partial charge in [0.2, 0.25) is 0 Å². The van der Waals surface area contributed by atoms with Crippen LogP contribution in [0.5, 0.6) is 0 Å². The van der Waals surface area contributed by atoms with Crippen LogP contribution >= 0.6 is 23.5 Å². The van der Waals surface area contributed by atoms with Crippen LogP contribution in [0.1, 0.15) is 20.3 Å². The van der Waals surface area contributed by atoms with E-state index in [1.807, 2.05) is 17.8 Å².